The second-order valence-corrected chi connectivity index (χ2v) is 9.34. The van der Waals surface area contributed by atoms with Gasteiger partial charge in [-0.1, -0.05) is 17.7 Å². The van der Waals surface area contributed by atoms with Crippen LogP contribution in [0.15, 0.2) is 47.4 Å². The standard InChI is InChI=1S/C20H17ClF3N3O3S/c21-18-5-4-16(11-17(18)20(22,23)24)31(29,30)27-8-6-14(7-9-27)19(28)26-15-3-1-2-13(10-15)12-25/h1-5,10-11,14H,6-9H2,(H,26,28). The van der Waals surface area contributed by atoms with Gasteiger partial charge in [0, 0.05) is 24.7 Å². The molecule has 0 unspecified atom stereocenters. The molecule has 164 valence electrons. The van der Waals surface area contributed by atoms with Crippen molar-refractivity contribution in [2.24, 2.45) is 5.92 Å². The summed E-state index contributed by atoms with van der Waals surface area (Å²) in [6, 6.07) is 10.8. The number of hydrogen-bond donors (Lipinski definition) is 1. The molecule has 0 bridgehead atoms. The van der Waals surface area contributed by atoms with Crippen molar-refractivity contribution in [1.29, 1.82) is 5.26 Å². The monoisotopic (exact) mass is 471 g/mol. The topological polar surface area (TPSA) is 90.3 Å². The second kappa shape index (κ2) is 8.86. The first-order valence-corrected chi connectivity index (χ1v) is 11.0. The maximum Gasteiger partial charge on any atom is 0.417 e. The number of halogens is 4. The summed E-state index contributed by atoms with van der Waals surface area (Å²) in [5, 5.41) is 11.0. The molecular weight excluding hydrogens is 455 g/mol. The summed E-state index contributed by atoms with van der Waals surface area (Å²) in [6.45, 7) is -0.0226. The first-order valence-electron chi connectivity index (χ1n) is 9.20. The minimum Gasteiger partial charge on any atom is -0.326 e. The Kier molecular flexibility index (Phi) is 6.59. The molecule has 0 spiro atoms. The van der Waals surface area contributed by atoms with E-state index in [9.17, 15) is 26.4 Å². The number of anilines is 1. The van der Waals surface area contributed by atoms with Crippen molar-refractivity contribution in [2.45, 2.75) is 23.9 Å². The molecule has 0 aromatic heterocycles. The molecule has 2 aromatic carbocycles. The van der Waals surface area contributed by atoms with Gasteiger partial charge in [-0.3, -0.25) is 4.79 Å². The molecule has 3 rings (SSSR count). The third-order valence-electron chi connectivity index (χ3n) is 4.96. The zero-order chi connectivity index (χ0) is 22.8. The SMILES string of the molecule is N#Cc1cccc(NC(=O)C2CCN(S(=O)(=O)c3ccc(Cl)c(C(F)(F)F)c3)CC2)c1. The van der Waals surface area contributed by atoms with E-state index in [1.807, 2.05) is 6.07 Å². The van der Waals surface area contributed by atoms with E-state index in [0.29, 0.717) is 17.3 Å². The van der Waals surface area contributed by atoms with Crippen LogP contribution >= 0.6 is 11.6 Å². The zero-order valence-electron chi connectivity index (χ0n) is 16.0. The smallest absolute Gasteiger partial charge is 0.326 e. The first-order chi connectivity index (χ1) is 14.5. The van der Waals surface area contributed by atoms with E-state index < -0.39 is 37.6 Å². The van der Waals surface area contributed by atoms with Crippen LogP contribution in [0.4, 0.5) is 18.9 Å². The van der Waals surface area contributed by atoms with Gasteiger partial charge in [0.25, 0.3) is 0 Å². The summed E-state index contributed by atoms with van der Waals surface area (Å²) in [7, 11) is -4.17. The number of nitriles is 1. The number of nitrogens with one attached hydrogen (secondary N) is 1. The van der Waals surface area contributed by atoms with Crippen LogP contribution in [0.25, 0.3) is 0 Å². The summed E-state index contributed by atoms with van der Waals surface area (Å²) >= 11 is 5.57. The van der Waals surface area contributed by atoms with Gasteiger partial charge in [-0.25, -0.2) is 8.42 Å². The lowest BCUT2D eigenvalue weighted by Crippen LogP contribution is -2.41. The van der Waals surface area contributed by atoms with Crippen LogP contribution in [0.1, 0.15) is 24.0 Å². The van der Waals surface area contributed by atoms with Crippen LogP contribution in [0.3, 0.4) is 0 Å². The predicted molar refractivity (Wildman–Crippen MR) is 108 cm³/mol. The van der Waals surface area contributed by atoms with Gasteiger partial charge in [0.05, 0.1) is 27.1 Å². The van der Waals surface area contributed by atoms with Crippen molar-refractivity contribution in [3.63, 3.8) is 0 Å². The van der Waals surface area contributed by atoms with Crippen LogP contribution in [0, 0.1) is 17.2 Å². The van der Waals surface area contributed by atoms with Gasteiger partial charge in [0.15, 0.2) is 0 Å². The molecule has 2 aromatic rings. The Labute approximate surface area is 182 Å². The highest BCUT2D eigenvalue weighted by atomic mass is 35.5. The summed E-state index contributed by atoms with van der Waals surface area (Å²) in [5.74, 6) is -0.772. The lowest BCUT2D eigenvalue weighted by atomic mass is 9.97. The van der Waals surface area contributed by atoms with E-state index in [4.69, 9.17) is 16.9 Å². The van der Waals surface area contributed by atoms with Crippen molar-refractivity contribution < 1.29 is 26.4 Å². The van der Waals surface area contributed by atoms with Crippen molar-refractivity contribution in [3.05, 3.63) is 58.6 Å². The number of alkyl halides is 3. The Morgan fingerprint density at radius 1 is 1.16 bits per heavy atom. The Hall–Kier alpha value is -2.61. The highest BCUT2D eigenvalue weighted by molar-refractivity contribution is 7.89. The lowest BCUT2D eigenvalue weighted by molar-refractivity contribution is -0.137. The summed E-state index contributed by atoms with van der Waals surface area (Å²) in [5.41, 5.74) is -0.371. The maximum absolute atomic E-state index is 13.1. The molecule has 1 N–H and O–H groups in total. The first kappa shape index (κ1) is 23.1. The molecule has 0 saturated carbocycles. The van der Waals surface area contributed by atoms with Gasteiger partial charge in [-0.2, -0.15) is 22.7 Å². The number of rotatable bonds is 4. The molecule has 1 amide bonds. The highest BCUT2D eigenvalue weighted by Gasteiger charge is 2.37. The zero-order valence-corrected chi connectivity index (χ0v) is 17.6. The fourth-order valence-corrected chi connectivity index (χ4v) is 5.02. The molecule has 11 heteroatoms. The Bertz CT molecular complexity index is 1140. The van der Waals surface area contributed by atoms with Crippen LogP contribution < -0.4 is 5.32 Å². The van der Waals surface area contributed by atoms with Gasteiger partial charge in [-0.15, -0.1) is 0 Å². The number of nitrogens with zero attached hydrogens (tertiary/aromatic N) is 2. The van der Waals surface area contributed by atoms with Crippen LogP contribution in [-0.4, -0.2) is 31.7 Å². The number of benzene rings is 2. The third-order valence-corrected chi connectivity index (χ3v) is 7.19. The lowest BCUT2D eigenvalue weighted by Gasteiger charge is -2.30. The number of piperidine rings is 1. The van der Waals surface area contributed by atoms with E-state index in [-0.39, 0.29) is 31.8 Å². The number of carbonyl (C=O) groups excluding carboxylic acids is 1. The molecule has 0 aliphatic carbocycles. The van der Waals surface area contributed by atoms with Crippen LogP contribution in [0.2, 0.25) is 5.02 Å². The molecule has 1 heterocycles. The van der Waals surface area contributed by atoms with E-state index in [1.54, 1.807) is 18.2 Å². The van der Waals surface area contributed by atoms with Gasteiger partial charge >= 0.3 is 6.18 Å². The molecule has 1 aliphatic rings. The van der Waals surface area contributed by atoms with Gasteiger partial charge in [-0.05, 0) is 49.2 Å². The molecule has 1 saturated heterocycles. The molecule has 6 nitrogen and oxygen atoms in total. The Balaban J connectivity index is 1.68. The number of carbonyl (C=O) groups is 1. The average Bonchev–Trinajstić information content (AvgIpc) is 2.73. The number of hydrogen-bond acceptors (Lipinski definition) is 4. The van der Waals surface area contributed by atoms with Crippen LogP contribution in [0.5, 0.6) is 0 Å². The summed E-state index contributed by atoms with van der Waals surface area (Å²) in [6.07, 6.45) is -4.36. The van der Waals surface area contributed by atoms with Gasteiger partial charge in [0.2, 0.25) is 15.9 Å². The molecular formula is C20H17ClF3N3O3S. The third kappa shape index (κ3) is 5.18. The Morgan fingerprint density at radius 2 is 1.84 bits per heavy atom. The van der Waals surface area contributed by atoms with E-state index in [0.717, 1.165) is 16.4 Å². The molecule has 1 aliphatic heterocycles. The fourth-order valence-electron chi connectivity index (χ4n) is 3.30. The van der Waals surface area contributed by atoms with E-state index >= 15 is 0 Å². The number of sulfonamides is 1. The maximum atomic E-state index is 13.1. The number of amides is 1. The molecule has 0 radical (unpaired) electrons. The molecule has 0 atom stereocenters. The minimum atomic E-state index is -4.78. The highest BCUT2D eigenvalue weighted by Crippen LogP contribution is 2.36. The largest absolute Gasteiger partial charge is 0.417 e. The van der Waals surface area contributed by atoms with Gasteiger partial charge < -0.3 is 5.32 Å². The van der Waals surface area contributed by atoms with Crippen molar-refractivity contribution in [2.75, 3.05) is 18.4 Å². The summed E-state index contributed by atoms with van der Waals surface area (Å²) < 4.78 is 65.9. The minimum absolute atomic E-state index is 0.0113. The average molecular weight is 472 g/mol. The quantitative estimate of drug-likeness (QED) is 0.721. The second-order valence-electron chi connectivity index (χ2n) is 7.00. The van der Waals surface area contributed by atoms with Crippen molar-refractivity contribution in [1.82, 2.24) is 4.31 Å². The van der Waals surface area contributed by atoms with Crippen molar-refractivity contribution in [3.8, 4) is 6.07 Å². The Morgan fingerprint density at radius 3 is 2.45 bits per heavy atom. The van der Waals surface area contributed by atoms with Crippen molar-refractivity contribution >= 4 is 33.2 Å². The molecule has 1 fully saturated rings. The summed E-state index contributed by atoms with van der Waals surface area (Å²) in [4.78, 5) is 12.0. The predicted octanol–water partition coefficient (Wildman–Crippen LogP) is 4.27. The normalized spacial score (nSPS) is 16.0. The molecule has 31 heavy (non-hydrogen) atoms. The fraction of sp³-hybridized carbons (Fsp3) is 0.300. The van der Waals surface area contributed by atoms with E-state index in [1.165, 1.54) is 6.07 Å². The van der Waals surface area contributed by atoms with Crippen LogP contribution in [-0.2, 0) is 21.0 Å². The van der Waals surface area contributed by atoms with Gasteiger partial charge in [0.1, 0.15) is 0 Å². The van der Waals surface area contributed by atoms with E-state index in [2.05, 4.69) is 5.32 Å².